The van der Waals surface area contributed by atoms with Crippen LogP contribution in [0.2, 0.25) is 0 Å². The van der Waals surface area contributed by atoms with Gasteiger partial charge in [0.25, 0.3) is 0 Å². The van der Waals surface area contributed by atoms with Crippen LogP contribution < -0.4 is 0 Å². The Morgan fingerprint density at radius 2 is 1.79 bits per heavy atom. The summed E-state index contributed by atoms with van der Waals surface area (Å²) in [6.07, 6.45) is 0. The quantitative estimate of drug-likeness (QED) is 0.685. The Bertz CT molecular complexity index is 361. The Labute approximate surface area is 79.8 Å². The summed E-state index contributed by atoms with van der Waals surface area (Å²) >= 11 is 0. The zero-order valence-electron chi connectivity index (χ0n) is 7.61. The van der Waals surface area contributed by atoms with Gasteiger partial charge in [-0.05, 0) is 11.6 Å². The first-order valence-corrected chi connectivity index (χ1v) is 3.88. The average molecular weight is 202 g/mol. The molecule has 76 valence electrons. The summed E-state index contributed by atoms with van der Waals surface area (Å²) in [7, 11) is 1.41. The molecule has 0 aromatic heterocycles. The maximum absolute atomic E-state index is 13.1. The standard InChI is InChI=1S/C10H9F3O/c1-6(5-14-2)7-3-9(12)10(13)4-8(7)11/h3-4H,1,5H2,2H3. The molecule has 0 atom stereocenters. The highest BCUT2D eigenvalue weighted by Gasteiger charge is 2.11. The zero-order valence-corrected chi connectivity index (χ0v) is 7.61. The van der Waals surface area contributed by atoms with E-state index in [1.54, 1.807) is 0 Å². The molecule has 0 aliphatic carbocycles. The van der Waals surface area contributed by atoms with Gasteiger partial charge in [-0.15, -0.1) is 0 Å². The molecular weight excluding hydrogens is 193 g/mol. The lowest BCUT2D eigenvalue weighted by Gasteiger charge is -2.06. The summed E-state index contributed by atoms with van der Waals surface area (Å²) in [4.78, 5) is 0. The van der Waals surface area contributed by atoms with Crippen LogP contribution in [0.25, 0.3) is 5.57 Å². The number of hydrogen-bond donors (Lipinski definition) is 0. The van der Waals surface area contributed by atoms with Gasteiger partial charge in [0.1, 0.15) is 5.82 Å². The van der Waals surface area contributed by atoms with Crippen LogP contribution in [-0.4, -0.2) is 13.7 Å². The van der Waals surface area contributed by atoms with E-state index in [4.69, 9.17) is 4.74 Å². The predicted molar refractivity (Wildman–Crippen MR) is 47.2 cm³/mol. The highest BCUT2D eigenvalue weighted by atomic mass is 19.2. The number of methoxy groups -OCH3 is 1. The first kappa shape index (κ1) is 10.8. The van der Waals surface area contributed by atoms with E-state index < -0.39 is 17.5 Å². The molecule has 0 fully saturated rings. The fourth-order valence-electron chi connectivity index (χ4n) is 1.05. The van der Waals surface area contributed by atoms with Crippen LogP contribution in [-0.2, 0) is 4.74 Å². The molecule has 0 radical (unpaired) electrons. The van der Waals surface area contributed by atoms with Gasteiger partial charge in [0, 0.05) is 18.7 Å². The van der Waals surface area contributed by atoms with Gasteiger partial charge in [-0.1, -0.05) is 6.58 Å². The summed E-state index contributed by atoms with van der Waals surface area (Å²) in [5.41, 5.74) is 0.203. The van der Waals surface area contributed by atoms with Gasteiger partial charge in [-0.3, -0.25) is 0 Å². The van der Waals surface area contributed by atoms with Crippen molar-refractivity contribution in [2.45, 2.75) is 0 Å². The Morgan fingerprint density at radius 3 is 2.36 bits per heavy atom. The molecule has 0 unspecified atom stereocenters. The summed E-state index contributed by atoms with van der Waals surface area (Å²) in [5, 5.41) is 0. The molecule has 0 saturated heterocycles. The summed E-state index contributed by atoms with van der Waals surface area (Å²) < 4.78 is 43.1. The molecule has 0 aliphatic rings. The second-order valence-corrected chi connectivity index (χ2v) is 2.78. The van der Waals surface area contributed by atoms with Crippen molar-refractivity contribution in [3.63, 3.8) is 0 Å². The first-order chi connectivity index (χ1) is 6.56. The van der Waals surface area contributed by atoms with E-state index in [2.05, 4.69) is 6.58 Å². The third kappa shape index (κ3) is 2.14. The van der Waals surface area contributed by atoms with Crippen molar-refractivity contribution in [1.29, 1.82) is 0 Å². The lowest BCUT2D eigenvalue weighted by Crippen LogP contribution is -1.98. The van der Waals surface area contributed by atoms with Crippen LogP contribution in [0.3, 0.4) is 0 Å². The molecule has 1 aromatic carbocycles. The smallest absolute Gasteiger partial charge is 0.161 e. The van der Waals surface area contributed by atoms with Crippen molar-refractivity contribution in [1.82, 2.24) is 0 Å². The number of rotatable bonds is 3. The third-order valence-corrected chi connectivity index (χ3v) is 1.71. The summed E-state index contributed by atoms with van der Waals surface area (Å²) in [6.45, 7) is 3.56. The Kier molecular flexibility index (Phi) is 3.30. The van der Waals surface area contributed by atoms with Crippen LogP contribution >= 0.6 is 0 Å². The van der Waals surface area contributed by atoms with Crippen molar-refractivity contribution in [2.75, 3.05) is 13.7 Å². The number of halogens is 3. The van der Waals surface area contributed by atoms with Crippen LogP contribution in [0.4, 0.5) is 13.2 Å². The second kappa shape index (κ2) is 4.28. The van der Waals surface area contributed by atoms with E-state index in [1.807, 2.05) is 0 Å². The minimum absolute atomic E-state index is 0.0641. The minimum Gasteiger partial charge on any atom is -0.380 e. The van der Waals surface area contributed by atoms with Gasteiger partial charge in [0.05, 0.1) is 6.61 Å². The largest absolute Gasteiger partial charge is 0.380 e. The summed E-state index contributed by atoms with van der Waals surface area (Å²) in [5.74, 6) is -3.15. The maximum atomic E-state index is 13.1. The molecule has 4 heteroatoms. The first-order valence-electron chi connectivity index (χ1n) is 3.88. The van der Waals surface area contributed by atoms with Gasteiger partial charge in [0.15, 0.2) is 11.6 Å². The van der Waals surface area contributed by atoms with Gasteiger partial charge in [0.2, 0.25) is 0 Å². The molecule has 0 saturated carbocycles. The number of hydrogen-bond acceptors (Lipinski definition) is 1. The van der Waals surface area contributed by atoms with Gasteiger partial charge in [-0.2, -0.15) is 0 Å². The normalized spacial score (nSPS) is 10.3. The van der Waals surface area contributed by atoms with E-state index >= 15 is 0 Å². The lowest BCUT2D eigenvalue weighted by molar-refractivity contribution is 0.239. The van der Waals surface area contributed by atoms with Gasteiger partial charge >= 0.3 is 0 Å². The van der Waals surface area contributed by atoms with Gasteiger partial charge in [-0.25, -0.2) is 13.2 Å². The minimum atomic E-state index is -1.21. The fourth-order valence-corrected chi connectivity index (χ4v) is 1.05. The molecule has 0 amide bonds. The van der Waals surface area contributed by atoms with Crippen molar-refractivity contribution in [2.24, 2.45) is 0 Å². The predicted octanol–water partition coefficient (Wildman–Crippen LogP) is 2.76. The zero-order chi connectivity index (χ0) is 10.7. The Morgan fingerprint density at radius 1 is 1.21 bits per heavy atom. The molecule has 0 aliphatic heterocycles. The van der Waals surface area contributed by atoms with Gasteiger partial charge < -0.3 is 4.74 Å². The molecule has 14 heavy (non-hydrogen) atoms. The SMILES string of the molecule is C=C(COC)c1cc(F)c(F)cc1F. The number of ether oxygens (including phenoxy) is 1. The van der Waals surface area contributed by atoms with E-state index in [0.717, 1.165) is 6.07 Å². The maximum Gasteiger partial charge on any atom is 0.161 e. The van der Waals surface area contributed by atoms with Crippen LogP contribution in [0.15, 0.2) is 18.7 Å². The Balaban J connectivity index is 3.09. The van der Waals surface area contributed by atoms with Crippen LogP contribution in [0.5, 0.6) is 0 Å². The topological polar surface area (TPSA) is 9.23 Å². The fraction of sp³-hybridized carbons (Fsp3) is 0.200. The van der Waals surface area contributed by atoms with Crippen molar-refractivity contribution >= 4 is 5.57 Å². The third-order valence-electron chi connectivity index (χ3n) is 1.71. The molecule has 0 bridgehead atoms. The van der Waals surface area contributed by atoms with E-state index in [9.17, 15) is 13.2 Å². The van der Waals surface area contributed by atoms with Crippen molar-refractivity contribution in [3.05, 3.63) is 41.7 Å². The lowest BCUT2D eigenvalue weighted by atomic mass is 10.1. The molecule has 1 aromatic rings. The second-order valence-electron chi connectivity index (χ2n) is 2.78. The highest BCUT2D eigenvalue weighted by Crippen LogP contribution is 2.20. The molecule has 0 heterocycles. The molecule has 1 nitrogen and oxygen atoms in total. The van der Waals surface area contributed by atoms with E-state index in [1.165, 1.54) is 7.11 Å². The van der Waals surface area contributed by atoms with Crippen LogP contribution in [0, 0.1) is 17.5 Å². The van der Waals surface area contributed by atoms with E-state index in [-0.39, 0.29) is 17.7 Å². The van der Waals surface area contributed by atoms with Crippen molar-refractivity contribution in [3.8, 4) is 0 Å². The Hall–Kier alpha value is -1.29. The molecule has 0 spiro atoms. The molecule has 0 N–H and O–H groups in total. The van der Waals surface area contributed by atoms with Crippen LogP contribution in [0.1, 0.15) is 5.56 Å². The monoisotopic (exact) mass is 202 g/mol. The number of benzene rings is 1. The molecule has 1 rings (SSSR count). The van der Waals surface area contributed by atoms with E-state index in [0.29, 0.717) is 6.07 Å². The highest BCUT2D eigenvalue weighted by molar-refractivity contribution is 5.64. The van der Waals surface area contributed by atoms with Crippen molar-refractivity contribution < 1.29 is 17.9 Å². The average Bonchev–Trinajstić information content (AvgIpc) is 2.11. The molecular formula is C10H9F3O. The summed E-state index contributed by atoms with van der Waals surface area (Å²) in [6, 6.07) is 1.26.